The van der Waals surface area contributed by atoms with Crippen LogP contribution in [0.3, 0.4) is 0 Å². The number of carbonyl (C=O) groups excluding carboxylic acids is 2. The topological polar surface area (TPSA) is 71.1 Å². The first-order chi connectivity index (χ1) is 11.9. The summed E-state index contributed by atoms with van der Waals surface area (Å²) in [6.45, 7) is 6.34. The minimum atomic E-state index is -0.419. The predicted molar refractivity (Wildman–Crippen MR) is 96.7 cm³/mol. The molecule has 25 heavy (non-hydrogen) atoms. The van der Waals surface area contributed by atoms with Gasteiger partial charge in [0.05, 0.1) is 7.11 Å². The molecule has 0 bridgehead atoms. The van der Waals surface area contributed by atoms with Crippen LogP contribution in [0.15, 0.2) is 24.3 Å². The molecule has 0 saturated carbocycles. The predicted octanol–water partition coefficient (Wildman–Crippen LogP) is 1.89. The standard InChI is InChI=1S/C18H29N3O4/c1-6-21(12-11-19-18(23)24-5)14(2)15-7-9-16(10-8-15)25-13-17(22)20(3)4/h7-10,14H,6,11-13H2,1-5H3,(H,19,23). The first-order valence-electron chi connectivity index (χ1n) is 8.37. The van der Waals surface area contributed by atoms with Gasteiger partial charge in [0.1, 0.15) is 5.75 Å². The molecule has 0 aliphatic heterocycles. The summed E-state index contributed by atoms with van der Waals surface area (Å²) in [5.41, 5.74) is 1.14. The first kappa shape index (κ1) is 20.8. The molecule has 7 heteroatoms. The number of nitrogens with one attached hydrogen (secondary N) is 1. The molecule has 1 unspecified atom stereocenters. The molecule has 7 nitrogen and oxygen atoms in total. The smallest absolute Gasteiger partial charge is 0.406 e. The Morgan fingerprint density at radius 1 is 1.20 bits per heavy atom. The maximum absolute atomic E-state index is 11.5. The molecule has 1 atom stereocenters. The highest BCUT2D eigenvalue weighted by molar-refractivity contribution is 5.77. The molecule has 2 amide bonds. The number of likely N-dealkylation sites (N-methyl/N-ethyl adjacent to an activating group) is 2. The number of carbonyl (C=O) groups is 2. The Kier molecular flexibility index (Phi) is 8.77. The molecule has 0 radical (unpaired) electrons. The Bertz CT molecular complexity index is 546. The summed E-state index contributed by atoms with van der Waals surface area (Å²) in [6.07, 6.45) is -0.419. The number of nitrogens with zero attached hydrogens (tertiary/aromatic N) is 2. The van der Waals surface area contributed by atoms with Crippen molar-refractivity contribution in [1.29, 1.82) is 0 Å². The van der Waals surface area contributed by atoms with Crippen molar-refractivity contribution in [1.82, 2.24) is 15.1 Å². The van der Waals surface area contributed by atoms with Crippen molar-refractivity contribution in [2.75, 3.05) is 47.4 Å². The molecule has 0 heterocycles. The molecular weight excluding hydrogens is 322 g/mol. The maximum atomic E-state index is 11.5. The van der Waals surface area contributed by atoms with Crippen LogP contribution in [0.5, 0.6) is 5.75 Å². The number of hydrogen-bond donors (Lipinski definition) is 1. The van der Waals surface area contributed by atoms with E-state index < -0.39 is 6.09 Å². The van der Waals surface area contributed by atoms with Crippen molar-refractivity contribution in [3.63, 3.8) is 0 Å². The van der Waals surface area contributed by atoms with Crippen LogP contribution in [0, 0.1) is 0 Å². The van der Waals surface area contributed by atoms with E-state index in [2.05, 4.69) is 28.8 Å². The van der Waals surface area contributed by atoms with Gasteiger partial charge >= 0.3 is 6.09 Å². The number of rotatable bonds is 9. The number of ether oxygens (including phenoxy) is 2. The lowest BCUT2D eigenvalue weighted by Gasteiger charge is -2.28. The highest BCUT2D eigenvalue weighted by Gasteiger charge is 2.14. The first-order valence-corrected chi connectivity index (χ1v) is 8.37. The van der Waals surface area contributed by atoms with E-state index in [9.17, 15) is 9.59 Å². The van der Waals surface area contributed by atoms with Gasteiger partial charge in [0, 0.05) is 33.2 Å². The van der Waals surface area contributed by atoms with Gasteiger partial charge in [-0.2, -0.15) is 0 Å². The van der Waals surface area contributed by atoms with Gasteiger partial charge in [0.25, 0.3) is 5.91 Å². The zero-order chi connectivity index (χ0) is 18.8. The van der Waals surface area contributed by atoms with E-state index >= 15 is 0 Å². The molecule has 1 aromatic carbocycles. The van der Waals surface area contributed by atoms with Crippen LogP contribution in [0.1, 0.15) is 25.5 Å². The zero-order valence-electron chi connectivity index (χ0n) is 15.7. The molecular formula is C18H29N3O4. The SMILES string of the molecule is CCN(CCNC(=O)OC)C(C)c1ccc(OCC(=O)N(C)C)cc1. The Morgan fingerprint density at radius 2 is 1.84 bits per heavy atom. The fourth-order valence-electron chi connectivity index (χ4n) is 2.33. The van der Waals surface area contributed by atoms with Gasteiger partial charge in [-0.25, -0.2) is 4.79 Å². The van der Waals surface area contributed by atoms with E-state index in [1.54, 1.807) is 14.1 Å². The summed E-state index contributed by atoms with van der Waals surface area (Å²) in [7, 11) is 4.75. The van der Waals surface area contributed by atoms with Crippen molar-refractivity contribution >= 4 is 12.0 Å². The number of amides is 2. The minimum absolute atomic E-state index is 0.0299. The molecule has 1 aromatic rings. The molecule has 140 valence electrons. The van der Waals surface area contributed by atoms with E-state index in [4.69, 9.17) is 4.74 Å². The van der Waals surface area contributed by atoms with Gasteiger partial charge < -0.3 is 19.7 Å². The largest absolute Gasteiger partial charge is 0.484 e. The second kappa shape index (κ2) is 10.6. The molecule has 0 aliphatic carbocycles. The molecule has 0 spiro atoms. The molecule has 1 N–H and O–H groups in total. The fourth-order valence-corrected chi connectivity index (χ4v) is 2.33. The van der Waals surface area contributed by atoms with Crippen LogP contribution < -0.4 is 10.1 Å². The third-order valence-corrected chi connectivity index (χ3v) is 4.03. The summed E-state index contributed by atoms with van der Waals surface area (Å²) in [6, 6.07) is 7.93. The normalized spacial score (nSPS) is 11.8. The van der Waals surface area contributed by atoms with Gasteiger partial charge in [-0.1, -0.05) is 19.1 Å². The van der Waals surface area contributed by atoms with Crippen LogP contribution in [0.25, 0.3) is 0 Å². The van der Waals surface area contributed by atoms with Crippen molar-refractivity contribution < 1.29 is 19.1 Å². The number of benzene rings is 1. The lowest BCUT2D eigenvalue weighted by molar-refractivity contribution is -0.130. The van der Waals surface area contributed by atoms with Gasteiger partial charge in [0.2, 0.25) is 0 Å². The van der Waals surface area contributed by atoms with Crippen molar-refractivity contribution in [2.45, 2.75) is 19.9 Å². The number of methoxy groups -OCH3 is 1. The fraction of sp³-hybridized carbons (Fsp3) is 0.556. The van der Waals surface area contributed by atoms with Crippen LogP contribution in [0.2, 0.25) is 0 Å². The average molecular weight is 351 g/mol. The summed E-state index contributed by atoms with van der Waals surface area (Å²) < 4.78 is 10.1. The maximum Gasteiger partial charge on any atom is 0.406 e. The van der Waals surface area contributed by atoms with Gasteiger partial charge in [-0.15, -0.1) is 0 Å². The Labute approximate surface area is 149 Å². The van der Waals surface area contributed by atoms with Gasteiger partial charge in [0.15, 0.2) is 6.61 Å². The second-order valence-electron chi connectivity index (χ2n) is 5.87. The zero-order valence-corrected chi connectivity index (χ0v) is 15.7. The van der Waals surface area contributed by atoms with Crippen molar-refractivity contribution in [2.24, 2.45) is 0 Å². The lowest BCUT2D eigenvalue weighted by Crippen LogP contribution is -2.36. The van der Waals surface area contributed by atoms with E-state index in [0.29, 0.717) is 12.3 Å². The van der Waals surface area contributed by atoms with Crippen molar-refractivity contribution in [3.05, 3.63) is 29.8 Å². The second-order valence-corrected chi connectivity index (χ2v) is 5.87. The van der Waals surface area contributed by atoms with Gasteiger partial charge in [-0.05, 0) is 31.2 Å². The Morgan fingerprint density at radius 3 is 2.36 bits per heavy atom. The molecule has 1 rings (SSSR count). The van der Waals surface area contributed by atoms with Crippen LogP contribution in [0.4, 0.5) is 4.79 Å². The van der Waals surface area contributed by atoms with Gasteiger partial charge in [-0.3, -0.25) is 9.69 Å². The minimum Gasteiger partial charge on any atom is -0.484 e. The monoisotopic (exact) mass is 351 g/mol. The number of alkyl carbamates (subject to hydrolysis) is 1. The van der Waals surface area contributed by atoms with E-state index in [1.807, 2.05) is 24.3 Å². The summed E-state index contributed by atoms with van der Waals surface area (Å²) in [5, 5.41) is 2.69. The Balaban J connectivity index is 2.57. The quantitative estimate of drug-likeness (QED) is 0.736. The van der Waals surface area contributed by atoms with Crippen LogP contribution in [-0.4, -0.2) is 69.2 Å². The van der Waals surface area contributed by atoms with Crippen LogP contribution >= 0.6 is 0 Å². The molecule has 0 fully saturated rings. The average Bonchev–Trinajstić information content (AvgIpc) is 2.62. The third-order valence-electron chi connectivity index (χ3n) is 4.03. The third kappa shape index (κ3) is 7.01. The van der Waals surface area contributed by atoms with Crippen LogP contribution in [-0.2, 0) is 9.53 Å². The van der Waals surface area contributed by atoms with E-state index in [-0.39, 0.29) is 18.6 Å². The summed E-state index contributed by atoms with van der Waals surface area (Å²) in [5.74, 6) is 0.592. The molecule has 0 saturated heterocycles. The Hall–Kier alpha value is -2.28. The molecule has 0 aliphatic rings. The summed E-state index contributed by atoms with van der Waals surface area (Å²) in [4.78, 5) is 26.4. The highest BCUT2D eigenvalue weighted by atomic mass is 16.5. The van der Waals surface area contributed by atoms with Crippen molar-refractivity contribution in [3.8, 4) is 5.75 Å². The number of hydrogen-bond acceptors (Lipinski definition) is 5. The van der Waals surface area contributed by atoms with E-state index in [1.165, 1.54) is 12.0 Å². The summed E-state index contributed by atoms with van der Waals surface area (Å²) >= 11 is 0. The van der Waals surface area contributed by atoms with E-state index in [0.717, 1.165) is 18.7 Å². The molecule has 0 aromatic heterocycles. The lowest BCUT2D eigenvalue weighted by atomic mass is 10.1. The highest BCUT2D eigenvalue weighted by Crippen LogP contribution is 2.22.